The second kappa shape index (κ2) is 5.32. The largest absolute Gasteiger partial charge is 0.416 e. The smallest absolute Gasteiger partial charge is 0.365 e. The summed E-state index contributed by atoms with van der Waals surface area (Å²) < 4.78 is 39.4. The van der Waals surface area contributed by atoms with Crippen LogP contribution in [0.3, 0.4) is 0 Å². The van der Waals surface area contributed by atoms with Crippen molar-refractivity contribution in [2.24, 2.45) is 5.73 Å². The minimum Gasteiger partial charge on any atom is -0.365 e. The molecule has 1 aromatic carbocycles. The molecule has 2 N–H and O–H groups in total. The molecule has 3 nitrogen and oxygen atoms in total. The molecule has 20 heavy (non-hydrogen) atoms. The summed E-state index contributed by atoms with van der Waals surface area (Å²) in [7, 11) is 0. The number of hydrogen-bond acceptors (Lipinski definition) is 1. The third-order valence-corrected chi connectivity index (χ3v) is 2.76. The number of nitrogens with zero attached hydrogens (tertiary/aromatic N) is 1. The molecule has 0 aliphatic carbocycles. The quantitative estimate of drug-likeness (QED) is 0.861. The summed E-state index contributed by atoms with van der Waals surface area (Å²) in [5.74, 6) is -0.580. The Kier molecular flexibility index (Phi) is 3.74. The van der Waals surface area contributed by atoms with Gasteiger partial charge in [0.1, 0.15) is 5.56 Å². The van der Waals surface area contributed by atoms with Crippen LogP contribution in [-0.2, 0) is 12.7 Å². The fourth-order valence-corrected chi connectivity index (χ4v) is 1.82. The zero-order valence-corrected chi connectivity index (χ0v) is 10.4. The summed E-state index contributed by atoms with van der Waals surface area (Å²) in [5.41, 5.74) is 5.26. The zero-order valence-electron chi connectivity index (χ0n) is 10.4. The summed E-state index contributed by atoms with van der Waals surface area (Å²) in [6.45, 7) is 0.227. The number of carbonyl (C=O) groups excluding carboxylic acids is 1. The maximum atomic E-state index is 12.6. The van der Waals surface area contributed by atoms with Crippen molar-refractivity contribution in [3.05, 3.63) is 65.5 Å². The van der Waals surface area contributed by atoms with Gasteiger partial charge in [0.15, 0.2) is 18.9 Å². The van der Waals surface area contributed by atoms with Gasteiger partial charge in [-0.2, -0.15) is 17.7 Å². The zero-order chi connectivity index (χ0) is 14.8. The lowest BCUT2D eigenvalue weighted by molar-refractivity contribution is -0.688. The first-order valence-electron chi connectivity index (χ1n) is 5.81. The van der Waals surface area contributed by atoms with Crippen LogP contribution < -0.4 is 10.3 Å². The maximum absolute atomic E-state index is 12.6. The number of hydrogen-bond donors (Lipinski definition) is 1. The highest BCUT2D eigenvalue weighted by Crippen LogP contribution is 2.29. The van der Waals surface area contributed by atoms with Crippen molar-refractivity contribution < 1.29 is 22.5 Å². The molecule has 0 aliphatic rings. The number of nitrogens with two attached hydrogens (primary N) is 1. The SMILES string of the molecule is NC(=O)c1ccc[n+](Cc2cccc(C(F)(F)F)c2)c1. The van der Waals surface area contributed by atoms with E-state index in [9.17, 15) is 18.0 Å². The van der Waals surface area contributed by atoms with Crippen LogP contribution >= 0.6 is 0 Å². The molecular formula is C14H12F3N2O+. The van der Waals surface area contributed by atoms with Crippen molar-refractivity contribution in [3.8, 4) is 0 Å². The molecule has 0 fully saturated rings. The van der Waals surface area contributed by atoms with E-state index in [1.54, 1.807) is 29.0 Å². The van der Waals surface area contributed by atoms with Crippen LogP contribution in [0.2, 0.25) is 0 Å². The monoisotopic (exact) mass is 281 g/mol. The van der Waals surface area contributed by atoms with Crippen molar-refractivity contribution in [1.29, 1.82) is 0 Å². The Labute approximate surface area is 113 Å². The van der Waals surface area contributed by atoms with Crippen LogP contribution in [0.1, 0.15) is 21.5 Å². The van der Waals surface area contributed by atoms with E-state index in [0.29, 0.717) is 11.1 Å². The molecular weight excluding hydrogens is 269 g/mol. The lowest BCUT2D eigenvalue weighted by atomic mass is 10.1. The number of rotatable bonds is 3. The topological polar surface area (TPSA) is 47.0 Å². The summed E-state index contributed by atoms with van der Waals surface area (Å²) in [4.78, 5) is 11.1. The van der Waals surface area contributed by atoms with Gasteiger partial charge in [0.05, 0.1) is 5.56 Å². The van der Waals surface area contributed by atoms with Gasteiger partial charge in [-0.1, -0.05) is 12.1 Å². The van der Waals surface area contributed by atoms with Crippen molar-refractivity contribution in [3.63, 3.8) is 0 Å². The Morgan fingerprint density at radius 1 is 1.20 bits per heavy atom. The first-order valence-corrected chi connectivity index (χ1v) is 5.81. The molecule has 0 saturated carbocycles. The van der Waals surface area contributed by atoms with E-state index in [1.165, 1.54) is 12.3 Å². The van der Waals surface area contributed by atoms with E-state index < -0.39 is 17.6 Å². The van der Waals surface area contributed by atoms with E-state index in [1.807, 2.05) is 0 Å². The van der Waals surface area contributed by atoms with Gasteiger partial charge in [0.25, 0.3) is 5.91 Å². The van der Waals surface area contributed by atoms with Crippen LogP contribution in [0.15, 0.2) is 48.8 Å². The number of aromatic nitrogens is 1. The lowest BCUT2D eigenvalue weighted by Crippen LogP contribution is -2.35. The molecule has 104 valence electrons. The van der Waals surface area contributed by atoms with Crippen molar-refractivity contribution in [1.82, 2.24) is 0 Å². The summed E-state index contributed by atoms with van der Waals surface area (Å²) in [6, 6.07) is 8.23. The van der Waals surface area contributed by atoms with Gasteiger partial charge < -0.3 is 5.73 Å². The highest BCUT2D eigenvalue weighted by molar-refractivity contribution is 5.92. The number of amides is 1. The average Bonchev–Trinajstić information content (AvgIpc) is 2.38. The third kappa shape index (κ3) is 3.34. The van der Waals surface area contributed by atoms with Gasteiger partial charge in [-0.05, 0) is 18.2 Å². The fourth-order valence-electron chi connectivity index (χ4n) is 1.82. The van der Waals surface area contributed by atoms with E-state index in [-0.39, 0.29) is 6.54 Å². The van der Waals surface area contributed by atoms with E-state index in [0.717, 1.165) is 12.1 Å². The number of primary amides is 1. The molecule has 1 amide bonds. The Morgan fingerprint density at radius 3 is 2.60 bits per heavy atom. The van der Waals surface area contributed by atoms with Crippen molar-refractivity contribution >= 4 is 5.91 Å². The molecule has 1 heterocycles. The second-order valence-electron chi connectivity index (χ2n) is 4.33. The van der Waals surface area contributed by atoms with Gasteiger partial charge in [0, 0.05) is 11.6 Å². The molecule has 6 heteroatoms. The molecule has 0 radical (unpaired) electrons. The number of benzene rings is 1. The highest BCUT2D eigenvalue weighted by atomic mass is 19.4. The lowest BCUT2D eigenvalue weighted by Gasteiger charge is -2.07. The Balaban J connectivity index is 2.26. The van der Waals surface area contributed by atoms with E-state index >= 15 is 0 Å². The maximum Gasteiger partial charge on any atom is 0.416 e. The van der Waals surface area contributed by atoms with Crippen LogP contribution in [0.5, 0.6) is 0 Å². The van der Waals surface area contributed by atoms with Crippen molar-refractivity contribution in [2.75, 3.05) is 0 Å². The summed E-state index contributed by atoms with van der Waals surface area (Å²) in [5, 5.41) is 0. The first kappa shape index (κ1) is 14.0. The van der Waals surface area contributed by atoms with E-state index in [2.05, 4.69) is 0 Å². The Bertz CT molecular complexity index is 638. The minimum atomic E-state index is -4.37. The molecule has 0 saturated heterocycles. The molecule has 2 aromatic rings. The Morgan fingerprint density at radius 2 is 1.95 bits per heavy atom. The number of alkyl halides is 3. The number of pyridine rings is 1. The highest BCUT2D eigenvalue weighted by Gasteiger charge is 2.30. The molecule has 0 spiro atoms. The van der Waals surface area contributed by atoms with Crippen LogP contribution in [0, 0.1) is 0 Å². The molecule has 1 aromatic heterocycles. The predicted octanol–water partition coefficient (Wildman–Crippen LogP) is 2.14. The number of carbonyl (C=O) groups is 1. The predicted molar refractivity (Wildman–Crippen MR) is 65.7 cm³/mol. The van der Waals surface area contributed by atoms with Crippen molar-refractivity contribution in [2.45, 2.75) is 12.7 Å². The summed E-state index contributed by atoms with van der Waals surface area (Å²) in [6.07, 6.45) is -1.20. The van der Waals surface area contributed by atoms with Gasteiger partial charge in [0.2, 0.25) is 0 Å². The van der Waals surface area contributed by atoms with Gasteiger partial charge >= 0.3 is 6.18 Å². The molecule has 0 bridgehead atoms. The molecule has 0 aliphatic heterocycles. The number of halogens is 3. The minimum absolute atomic E-state index is 0.227. The van der Waals surface area contributed by atoms with Gasteiger partial charge in [-0.25, -0.2) is 0 Å². The molecule has 0 unspecified atom stereocenters. The third-order valence-electron chi connectivity index (χ3n) is 2.76. The van der Waals surface area contributed by atoms with Gasteiger partial charge in [-0.15, -0.1) is 0 Å². The Hall–Kier alpha value is -2.37. The standard InChI is InChI=1S/C14H11F3N2O/c15-14(16,17)12-5-1-3-10(7-12)8-19-6-2-4-11(9-19)13(18)20/h1-7,9H,8H2,(H-,18,20)/p+1. The molecule has 0 atom stereocenters. The average molecular weight is 281 g/mol. The van der Waals surface area contributed by atoms with Crippen LogP contribution in [0.4, 0.5) is 13.2 Å². The second-order valence-corrected chi connectivity index (χ2v) is 4.33. The van der Waals surface area contributed by atoms with Crippen LogP contribution in [-0.4, -0.2) is 5.91 Å². The molecule has 2 rings (SSSR count). The van der Waals surface area contributed by atoms with Crippen LogP contribution in [0.25, 0.3) is 0 Å². The normalized spacial score (nSPS) is 11.3. The van der Waals surface area contributed by atoms with Gasteiger partial charge in [-0.3, -0.25) is 4.79 Å². The van der Waals surface area contributed by atoms with E-state index in [4.69, 9.17) is 5.73 Å². The first-order chi connectivity index (χ1) is 9.36. The fraction of sp³-hybridized carbons (Fsp3) is 0.143. The summed E-state index contributed by atoms with van der Waals surface area (Å²) >= 11 is 0.